The number of halogens is 1. The second kappa shape index (κ2) is 11.0. The van der Waals surface area contributed by atoms with Gasteiger partial charge in [0.1, 0.15) is 22.8 Å². The molecule has 0 saturated carbocycles. The van der Waals surface area contributed by atoms with Crippen LogP contribution in [-0.4, -0.2) is 43.4 Å². The molecule has 0 fully saturated rings. The van der Waals surface area contributed by atoms with Crippen molar-refractivity contribution in [1.29, 1.82) is 0 Å². The van der Waals surface area contributed by atoms with E-state index in [-0.39, 0.29) is 12.4 Å². The lowest BCUT2D eigenvalue weighted by atomic mass is 9.86. The van der Waals surface area contributed by atoms with Crippen LogP contribution in [0.5, 0.6) is 17.2 Å². The maximum Gasteiger partial charge on any atom is 0.328 e. The number of hydrogen-bond donors (Lipinski definition) is 2. The second-order valence-corrected chi connectivity index (χ2v) is 9.33. The Kier molecular flexibility index (Phi) is 8.30. The summed E-state index contributed by atoms with van der Waals surface area (Å²) in [6.45, 7) is 8.85. The molecule has 1 unspecified atom stereocenters. The number of carboxylic acids is 1. The van der Waals surface area contributed by atoms with Crippen molar-refractivity contribution in [3.63, 3.8) is 0 Å². The largest absolute Gasteiger partial charge is 0.507 e. The summed E-state index contributed by atoms with van der Waals surface area (Å²) in [5.74, 6) is 0.806. The van der Waals surface area contributed by atoms with Crippen molar-refractivity contribution in [1.82, 2.24) is 15.0 Å². The number of aromatic hydroxyl groups is 1. The van der Waals surface area contributed by atoms with Crippen LogP contribution in [0.3, 0.4) is 0 Å². The van der Waals surface area contributed by atoms with E-state index in [1.165, 1.54) is 6.08 Å². The average Bonchev–Trinajstić information content (AvgIpc) is 3.33. The number of rotatable bonds is 8. The number of fused-ring (bicyclic) bond motifs is 1. The van der Waals surface area contributed by atoms with Crippen LogP contribution in [-0.2, 0) is 17.8 Å². The molecule has 0 spiro atoms. The first-order chi connectivity index (χ1) is 16.7. The lowest BCUT2D eigenvalue weighted by Gasteiger charge is -2.38. The first kappa shape index (κ1) is 27.1. The number of phenolic OH excluding ortho intramolecular Hbond substituents is 1. The van der Waals surface area contributed by atoms with Crippen LogP contribution in [0.4, 0.5) is 0 Å². The lowest BCUT2D eigenvalue weighted by Crippen LogP contribution is -2.38. The molecule has 0 radical (unpaired) electrons. The molecule has 4 rings (SSSR count). The predicted octanol–water partition coefficient (Wildman–Crippen LogP) is 5.03. The van der Waals surface area contributed by atoms with Crippen molar-refractivity contribution in [2.75, 3.05) is 6.61 Å². The fourth-order valence-corrected chi connectivity index (χ4v) is 4.45. The fourth-order valence-electron chi connectivity index (χ4n) is 4.45. The number of nitrogens with zero attached hydrogens (tertiary/aromatic N) is 3. The van der Waals surface area contributed by atoms with Crippen LogP contribution in [0.15, 0.2) is 36.7 Å². The summed E-state index contributed by atoms with van der Waals surface area (Å²) in [4.78, 5) is 11.0. The first-order valence-electron chi connectivity index (χ1n) is 11.7. The standard InChI is InChI=1S/C27H31N3O5.ClH/c1-17-18(2)26-22(19(3)25(17)33)9-10-27(4,35-26)11-14-34-23-15-20(16-30-13-12-28-29-30)5-6-21(23)7-8-24(31)32;/h5-8,12-13,15,33H,9-11,14,16H2,1-4H3,(H,31,32);1H/b8-7+;. The van der Waals surface area contributed by atoms with E-state index in [1.54, 1.807) is 17.1 Å². The number of aromatic nitrogens is 3. The summed E-state index contributed by atoms with van der Waals surface area (Å²) in [7, 11) is 0. The van der Waals surface area contributed by atoms with Gasteiger partial charge in [0, 0.05) is 29.8 Å². The molecule has 36 heavy (non-hydrogen) atoms. The highest BCUT2D eigenvalue weighted by molar-refractivity contribution is 5.86. The molecule has 1 aromatic heterocycles. The van der Waals surface area contributed by atoms with Gasteiger partial charge in [0.15, 0.2) is 0 Å². The summed E-state index contributed by atoms with van der Waals surface area (Å²) in [6, 6.07) is 5.67. The van der Waals surface area contributed by atoms with E-state index in [2.05, 4.69) is 17.2 Å². The van der Waals surface area contributed by atoms with Crippen molar-refractivity contribution < 1.29 is 24.5 Å². The molecule has 1 aliphatic rings. The zero-order valence-electron chi connectivity index (χ0n) is 20.9. The van der Waals surface area contributed by atoms with Crippen molar-refractivity contribution in [2.45, 2.75) is 59.1 Å². The van der Waals surface area contributed by atoms with E-state index in [0.717, 1.165) is 52.5 Å². The molecular formula is C27H32ClN3O5. The number of phenols is 1. The second-order valence-electron chi connectivity index (χ2n) is 9.33. The van der Waals surface area contributed by atoms with Gasteiger partial charge < -0.3 is 19.7 Å². The summed E-state index contributed by atoms with van der Waals surface area (Å²) < 4.78 is 14.4. The van der Waals surface area contributed by atoms with Gasteiger partial charge in [-0.1, -0.05) is 17.3 Å². The molecule has 1 aliphatic heterocycles. The summed E-state index contributed by atoms with van der Waals surface area (Å²) >= 11 is 0. The van der Waals surface area contributed by atoms with Gasteiger partial charge in [-0.2, -0.15) is 0 Å². The third-order valence-electron chi connectivity index (χ3n) is 6.78. The Morgan fingerprint density at radius 3 is 2.72 bits per heavy atom. The van der Waals surface area contributed by atoms with Crippen molar-refractivity contribution >= 4 is 24.5 Å². The zero-order chi connectivity index (χ0) is 25.2. The monoisotopic (exact) mass is 513 g/mol. The number of aliphatic carboxylic acids is 1. The third-order valence-corrected chi connectivity index (χ3v) is 6.78. The number of carboxylic acid groups (broad SMARTS) is 1. The minimum absolute atomic E-state index is 0. The molecule has 0 amide bonds. The molecule has 0 bridgehead atoms. The summed E-state index contributed by atoms with van der Waals surface area (Å²) in [6.07, 6.45) is 8.33. The summed E-state index contributed by atoms with van der Waals surface area (Å²) in [5, 5.41) is 27.3. The van der Waals surface area contributed by atoms with E-state index >= 15 is 0 Å². The van der Waals surface area contributed by atoms with Gasteiger partial charge in [-0.15, -0.1) is 17.5 Å². The smallest absolute Gasteiger partial charge is 0.328 e. The Morgan fingerprint density at radius 2 is 2.03 bits per heavy atom. The van der Waals surface area contributed by atoms with Gasteiger partial charge in [-0.05, 0) is 74.9 Å². The number of hydrogen-bond acceptors (Lipinski definition) is 6. The molecule has 3 aromatic rings. The van der Waals surface area contributed by atoms with Crippen LogP contribution in [0, 0.1) is 20.8 Å². The first-order valence-corrected chi connectivity index (χ1v) is 11.7. The Hall–Kier alpha value is -3.52. The molecule has 0 aliphatic carbocycles. The van der Waals surface area contributed by atoms with Crippen LogP contribution in [0.1, 0.15) is 53.1 Å². The highest BCUT2D eigenvalue weighted by Crippen LogP contribution is 2.44. The number of benzene rings is 2. The molecule has 2 heterocycles. The Bertz CT molecular complexity index is 1270. The summed E-state index contributed by atoms with van der Waals surface area (Å²) in [5.41, 5.74) is 5.02. The molecule has 1 atom stereocenters. The molecular weight excluding hydrogens is 482 g/mol. The van der Waals surface area contributed by atoms with Gasteiger partial charge in [0.05, 0.1) is 19.3 Å². The minimum atomic E-state index is -1.02. The SMILES string of the molecule is Cc1c(C)c2c(c(C)c1O)CCC(C)(CCOc1cc(Cn3ccnn3)ccc1/C=C/C(=O)O)O2.Cl. The van der Waals surface area contributed by atoms with Crippen LogP contribution in [0.2, 0.25) is 0 Å². The highest BCUT2D eigenvalue weighted by atomic mass is 35.5. The fraction of sp³-hybridized carbons (Fsp3) is 0.370. The van der Waals surface area contributed by atoms with E-state index < -0.39 is 11.6 Å². The van der Waals surface area contributed by atoms with Crippen LogP contribution >= 0.6 is 12.4 Å². The van der Waals surface area contributed by atoms with E-state index in [0.29, 0.717) is 36.6 Å². The van der Waals surface area contributed by atoms with Crippen molar-refractivity contribution in [3.8, 4) is 17.2 Å². The topological polar surface area (TPSA) is 107 Å². The Balaban J connectivity index is 0.00000361. The molecule has 0 saturated heterocycles. The Labute approximate surface area is 217 Å². The molecule has 192 valence electrons. The molecule has 2 aromatic carbocycles. The Morgan fingerprint density at radius 1 is 1.25 bits per heavy atom. The number of ether oxygens (including phenoxy) is 2. The quantitative estimate of drug-likeness (QED) is 0.407. The van der Waals surface area contributed by atoms with E-state index in [9.17, 15) is 9.90 Å². The van der Waals surface area contributed by atoms with Gasteiger partial charge >= 0.3 is 5.97 Å². The van der Waals surface area contributed by atoms with Crippen LogP contribution in [0.25, 0.3) is 6.08 Å². The maximum atomic E-state index is 11.0. The van der Waals surface area contributed by atoms with Gasteiger partial charge in [-0.25, -0.2) is 9.48 Å². The third kappa shape index (κ3) is 5.82. The highest BCUT2D eigenvalue weighted by Gasteiger charge is 2.34. The lowest BCUT2D eigenvalue weighted by molar-refractivity contribution is -0.131. The molecule has 8 nitrogen and oxygen atoms in total. The van der Waals surface area contributed by atoms with Gasteiger partial charge in [0.25, 0.3) is 0 Å². The van der Waals surface area contributed by atoms with E-state index in [1.807, 2.05) is 39.0 Å². The normalized spacial score (nSPS) is 16.8. The van der Waals surface area contributed by atoms with Gasteiger partial charge in [0.2, 0.25) is 0 Å². The maximum absolute atomic E-state index is 11.0. The molecule has 9 heteroatoms. The van der Waals surface area contributed by atoms with E-state index in [4.69, 9.17) is 14.6 Å². The number of carbonyl (C=O) groups is 1. The van der Waals surface area contributed by atoms with Crippen LogP contribution < -0.4 is 9.47 Å². The van der Waals surface area contributed by atoms with Crippen molar-refractivity contribution in [3.05, 3.63) is 70.0 Å². The predicted molar refractivity (Wildman–Crippen MR) is 139 cm³/mol. The van der Waals surface area contributed by atoms with Crippen molar-refractivity contribution in [2.24, 2.45) is 0 Å². The molecule has 2 N–H and O–H groups in total. The zero-order valence-corrected chi connectivity index (χ0v) is 21.8. The van der Waals surface area contributed by atoms with Gasteiger partial charge in [-0.3, -0.25) is 0 Å². The minimum Gasteiger partial charge on any atom is -0.507 e. The average molecular weight is 514 g/mol.